The first-order chi connectivity index (χ1) is 14.0. The summed E-state index contributed by atoms with van der Waals surface area (Å²) in [7, 11) is 0. The Balaban J connectivity index is 1.56. The van der Waals surface area contributed by atoms with Gasteiger partial charge in [-0.3, -0.25) is 4.79 Å². The largest absolute Gasteiger partial charge is 0.439 e. The molecule has 1 unspecified atom stereocenters. The van der Waals surface area contributed by atoms with Gasteiger partial charge in [0.05, 0.1) is 12.5 Å². The number of amides is 3. The number of rotatable bonds is 8. The minimum atomic E-state index is -0.687. The van der Waals surface area contributed by atoms with E-state index >= 15 is 0 Å². The van der Waals surface area contributed by atoms with E-state index < -0.39 is 12.1 Å². The average Bonchev–Trinajstić information content (AvgIpc) is 3.23. The fourth-order valence-electron chi connectivity index (χ4n) is 2.58. The van der Waals surface area contributed by atoms with Gasteiger partial charge in [0.1, 0.15) is 11.6 Å². The lowest BCUT2D eigenvalue weighted by molar-refractivity contribution is -0.121. The highest BCUT2D eigenvalue weighted by molar-refractivity contribution is 7.10. The van der Waals surface area contributed by atoms with Crippen LogP contribution in [-0.2, 0) is 11.3 Å². The SMILES string of the molecule is NC(=O)NC(CC(=O)NCc1ccnc(Oc2ccc(F)cc2)c1)c1cccs1. The molecule has 0 aliphatic heterocycles. The maximum Gasteiger partial charge on any atom is 0.312 e. The van der Waals surface area contributed by atoms with Crippen LogP contribution < -0.4 is 21.1 Å². The lowest BCUT2D eigenvalue weighted by Crippen LogP contribution is -2.36. The lowest BCUT2D eigenvalue weighted by Gasteiger charge is -2.16. The van der Waals surface area contributed by atoms with E-state index in [1.54, 1.807) is 18.3 Å². The Morgan fingerprint density at radius 3 is 2.69 bits per heavy atom. The number of primary amides is 1. The molecule has 29 heavy (non-hydrogen) atoms. The zero-order chi connectivity index (χ0) is 20.6. The number of pyridine rings is 1. The molecule has 1 aromatic carbocycles. The Kier molecular flexibility index (Phi) is 6.75. The van der Waals surface area contributed by atoms with Gasteiger partial charge in [-0.25, -0.2) is 14.2 Å². The molecule has 3 aromatic rings. The molecule has 0 fully saturated rings. The summed E-state index contributed by atoms with van der Waals surface area (Å²) < 4.78 is 18.6. The van der Waals surface area contributed by atoms with Gasteiger partial charge in [0.15, 0.2) is 0 Å². The molecule has 0 radical (unpaired) electrons. The molecule has 0 aliphatic rings. The van der Waals surface area contributed by atoms with E-state index in [1.807, 2.05) is 17.5 Å². The standard InChI is InChI=1S/C20H19FN4O3S/c21-14-3-5-15(6-4-14)28-19-10-13(7-8-23-19)12-24-18(26)11-16(25-20(22)27)17-2-1-9-29-17/h1-10,16H,11-12H2,(H,24,26)(H3,22,25,27). The van der Waals surface area contributed by atoms with Gasteiger partial charge in [0, 0.05) is 23.7 Å². The third-order valence-corrected chi connectivity index (χ3v) is 4.90. The first kappa shape index (κ1) is 20.3. The number of ether oxygens (including phenoxy) is 1. The highest BCUT2D eigenvalue weighted by Crippen LogP contribution is 2.22. The molecular weight excluding hydrogens is 395 g/mol. The van der Waals surface area contributed by atoms with Crippen molar-refractivity contribution >= 4 is 23.3 Å². The number of nitrogens with two attached hydrogens (primary N) is 1. The highest BCUT2D eigenvalue weighted by Gasteiger charge is 2.18. The summed E-state index contributed by atoms with van der Waals surface area (Å²) in [6.07, 6.45) is 1.62. The van der Waals surface area contributed by atoms with Crippen LogP contribution in [-0.4, -0.2) is 16.9 Å². The molecule has 3 amide bonds. The number of nitrogens with one attached hydrogen (secondary N) is 2. The second-order valence-corrected chi connectivity index (χ2v) is 7.10. The van der Waals surface area contributed by atoms with Crippen LogP contribution in [0.3, 0.4) is 0 Å². The van der Waals surface area contributed by atoms with Crippen molar-refractivity contribution in [3.8, 4) is 11.6 Å². The molecule has 0 spiro atoms. The van der Waals surface area contributed by atoms with E-state index in [2.05, 4.69) is 15.6 Å². The first-order valence-corrected chi connectivity index (χ1v) is 9.62. The van der Waals surface area contributed by atoms with Gasteiger partial charge >= 0.3 is 6.03 Å². The molecule has 150 valence electrons. The summed E-state index contributed by atoms with van der Waals surface area (Å²) in [5, 5.41) is 7.25. The van der Waals surface area contributed by atoms with E-state index in [4.69, 9.17) is 10.5 Å². The molecule has 0 aliphatic carbocycles. The zero-order valence-corrected chi connectivity index (χ0v) is 16.1. The summed E-state index contributed by atoms with van der Waals surface area (Å²) in [5.74, 6) is 0.190. The molecule has 2 heterocycles. The van der Waals surface area contributed by atoms with Crippen LogP contribution in [0.2, 0.25) is 0 Å². The third kappa shape index (κ3) is 6.28. The summed E-state index contributed by atoms with van der Waals surface area (Å²) in [5.41, 5.74) is 5.99. The Hall–Kier alpha value is -3.46. The van der Waals surface area contributed by atoms with Gasteiger partial charge in [-0.1, -0.05) is 6.07 Å². The van der Waals surface area contributed by atoms with E-state index in [9.17, 15) is 14.0 Å². The van der Waals surface area contributed by atoms with Crippen LogP contribution in [0.15, 0.2) is 60.1 Å². The molecule has 9 heteroatoms. The molecular formula is C20H19FN4O3S. The van der Waals surface area contributed by atoms with E-state index in [-0.39, 0.29) is 24.7 Å². The number of hydrogen-bond donors (Lipinski definition) is 3. The van der Waals surface area contributed by atoms with Crippen molar-refractivity contribution in [2.45, 2.75) is 19.0 Å². The van der Waals surface area contributed by atoms with Crippen molar-refractivity contribution in [1.29, 1.82) is 0 Å². The maximum absolute atomic E-state index is 13.0. The zero-order valence-electron chi connectivity index (χ0n) is 15.3. The molecule has 0 saturated carbocycles. The van der Waals surface area contributed by atoms with Crippen molar-refractivity contribution < 1.29 is 18.7 Å². The number of carbonyl (C=O) groups is 2. The maximum atomic E-state index is 13.0. The number of thiophene rings is 1. The van der Waals surface area contributed by atoms with Crippen molar-refractivity contribution in [3.05, 3.63) is 76.4 Å². The van der Waals surface area contributed by atoms with Gasteiger partial charge in [-0.2, -0.15) is 0 Å². The highest BCUT2D eigenvalue weighted by atomic mass is 32.1. The van der Waals surface area contributed by atoms with Gasteiger partial charge in [-0.05, 0) is 47.3 Å². The van der Waals surface area contributed by atoms with Crippen LogP contribution in [0.25, 0.3) is 0 Å². The van der Waals surface area contributed by atoms with Gasteiger partial charge in [0.25, 0.3) is 0 Å². The Morgan fingerprint density at radius 2 is 2.00 bits per heavy atom. The van der Waals surface area contributed by atoms with Crippen molar-refractivity contribution in [3.63, 3.8) is 0 Å². The van der Waals surface area contributed by atoms with Gasteiger partial charge in [0.2, 0.25) is 11.8 Å². The molecule has 1 atom stereocenters. The van der Waals surface area contributed by atoms with Crippen LogP contribution >= 0.6 is 11.3 Å². The smallest absolute Gasteiger partial charge is 0.312 e. The Bertz CT molecular complexity index is 964. The fourth-order valence-corrected chi connectivity index (χ4v) is 3.36. The van der Waals surface area contributed by atoms with Crippen molar-refractivity contribution in [1.82, 2.24) is 15.6 Å². The molecule has 3 rings (SSSR count). The van der Waals surface area contributed by atoms with Crippen molar-refractivity contribution in [2.75, 3.05) is 0 Å². The quantitative estimate of drug-likeness (QED) is 0.524. The number of urea groups is 1. The van der Waals surface area contributed by atoms with Crippen LogP contribution in [0.4, 0.5) is 9.18 Å². The Morgan fingerprint density at radius 1 is 1.21 bits per heavy atom. The predicted molar refractivity (Wildman–Crippen MR) is 107 cm³/mol. The second-order valence-electron chi connectivity index (χ2n) is 6.12. The molecule has 0 saturated heterocycles. The van der Waals surface area contributed by atoms with E-state index in [0.29, 0.717) is 11.6 Å². The monoisotopic (exact) mass is 414 g/mol. The number of carbonyl (C=O) groups excluding carboxylic acids is 2. The second kappa shape index (κ2) is 9.65. The molecule has 0 bridgehead atoms. The van der Waals surface area contributed by atoms with Crippen LogP contribution in [0.1, 0.15) is 22.9 Å². The molecule has 4 N–H and O–H groups in total. The van der Waals surface area contributed by atoms with Gasteiger partial charge in [-0.15, -0.1) is 11.3 Å². The first-order valence-electron chi connectivity index (χ1n) is 8.74. The van der Waals surface area contributed by atoms with Crippen LogP contribution in [0.5, 0.6) is 11.6 Å². The summed E-state index contributed by atoms with van der Waals surface area (Å²) in [6, 6.07) is 11.5. The third-order valence-electron chi connectivity index (χ3n) is 3.92. The van der Waals surface area contributed by atoms with E-state index in [1.165, 1.54) is 35.6 Å². The lowest BCUT2D eigenvalue weighted by atomic mass is 10.1. The summed E-state index contributed by atoms with van der Waals surface area (Å²) in [6.45, 7) is 0.259. The minimum absolute atomic E-state index is 0.0630. The molecule has 2 aromatic heterocycles. The average molecular weight is 414 g/mol. The predicted octanol–water partition coefficient (Wildman–Crippen LogP) is 3.49. The van der Waals surface area contributed by atoms with Crippen LogP contribution in [0, 0.1) is 5.82 Å². The number of halogens is 1. The summed E-state index contributed by atoms with van der Waals surface area (Å²) in [4.78, 5) is 28.5. The molecule has 7 nitrogen and oxygen atoms in total. The number of aromatic nitrogens is 1. The number of benzene rings is 1. The Labute approximate surface area is 170 Å². The number of nitrogens with zero attached hydrogens (tertiary/aromatic N) is 1. The van der Waals surface area contributed by atoms with Gasteiger partial charge < -0.3 is 21.1 Å². The topological polar surface area (TPSA) is 106 Å². The minimum Gasteiger partial charge on any atom is -0.439 e. The van der Waals surface area contributed by atoms with E-state index in [0.717, 1.165) is 10.4 Å². The normalized spacial score (nSPS) is 11.5. The fraction of sp³-hybridized carbons (Fsp3) is 0.150. The summed E-state index contributed by atoms with van der Waals surface area (Å²) >= 11 is 1.43. The number of hydrogen-bond acceptors (Lipinski definition) is 5. The van der Waals surface area contributed by atoms with Crippen molar-refractivity contribution in [2.24, 2.45) is 5.73 Å².